The zero-order valence-corrected chi connectivity index (χ0v) is 15.3. The molecule has 1 atom stereocenters. The van der Waals surface area contributed by atoms with Crippen LogP contribution in [0.3, 0.4) is 0 Å². The van der Waals surface area contributed by atoms with Crippen LogP contribution in [0.15, 0.2) is 35.3 Å². The minimum atomic E-state index is 0. The van der Waals surface area contributed by atoms with E-state index in [9.17, 15) is 0 Å². The summed E-state index contributed by atoms with van der Waals surface area (Å²) in [5.74, 6) is 0.562. The molecule has 0 bridgehead atoms. The lowest BCUT2D eigenvalue weighted by atomic mass is 10.2. The summed E-state index contributed by atoms with van der Waals surface area (Å²) in [4.78, 5) is 7.00. The van der Waals surface area contributed by atoms with Crippen LogP contribution in [0.2, 0.25) is 0 Å². The summed E-state index contributed by atoms with van der Waals surface area (Å²) < 4.78 is 0. The Labute approximate surface area is 145 Å². The third-order valence-corrected chi connectivity index (χ3v) is 3.64. The minimum absolute atomic E-state index is 0. The summed E-state index contributed by atoms with van der Waals surface area (Å²) in [5, 5.41) is 3.14. The highest BCUT2D eigenvalue weighted by Crippen LogP contribution is 2.20. The van der Waals surface area contributed by atoms with E-state index in [2.05, 4.69) is 59.4 Å². The van der Waals surface area contributed by atoms with Crippen LogP contribution < -0.4 is 11.1 Å². The van der Waals surface area contributed by atoms with Gasteiger partial charge < -0.3 is 11.1 Å². The van der Waals surface area contributed by atoms with Crippen molar-refractivity contribution in [3.8, 4) is 0 Å². The number of nitrogens with two attached hydrogens (primary N) is 1. The van der Waals surface area contributed by atoms with Crippen LogP contribution in [0.4, 0.5) is 0 Å². The summed E-state index contributed by atoms with van der Waals surface area (Å²) in [5.41, 5.74) is 7.24. The van der Waals surface area contributed by atoms with Gasteiger partial charge in [-0.1, -0.05) is 30.3 Å². The molecule has 1 aliphatic heterocycles. The van der Waals surface area contributed by atoms with Crippen LogP contribution in [-0.4, -0.2) is 36.0 Å². The molecule has 0 amide bonds. The summed E-state index contributed by atoms with van der Waals surface area (Å²) in [6.07, 6.45) is 2.47. The number of guanidine groups is 1. The summed E-state index contributed by atoms with van der Waals surface area (Å²) in [6.45, 7) is 7.10. The third-order valence-electron chi connectivity index (χ3n) is 3.64. The molecule has 0 spiro atoms. The van der Waals surface area contributed by atoms with Gasteiger partial charge in [-0.25, -0.2) is 0 Å². The van der Waals surface area contributed by atoms with Crippen molar-refractivity contribution < 1.29 is 0 Å². The van der Waals surface area contributed by atoms with Gasteiger partial charge in [-0.05, 0) is 38.8 Å². The Morgan fingerprint density at radius 2 is 2.10 bits per heavy atom. The van der Waals surface area contributed by atoms with Crippen molar-refractivity contribution in [2.45, 2.75) is 45.3 Å². The maximum absolute atomic E-state index is 5.87. The molecule has 0 radical (unpaired) electrons. The van der Waals surface area contributed by atoms with Crippen molar-refractivity contribution in [2.24, 2.45) is 10.7 Å². The van der Waals surface area contributed by atoms with E-state index in [-0.39, 0.29) is 24.0 Å². The first kappa shape index (κ1) is 18.2. The maximum atomic E-state index is 5.87. The van der Waals surface area contributed by atoms with Gasteiger partial charge in [0.2, 0.25) is 0 Å². The van der Waals surface area contributed by atoms with Crippen molar-refractivity contribution in [1.82, 2.24) is 10.2 Å². The third kappa shape index (κ3) is 6.22. The molecule has 118 valence electrons. The molecular weight excluding hydrogens is 375 g/mol. The number of nitrogens with one attached hydrogen (secondary N) is 1. The van der Waals surface area contributed by atoms with E-state index in [0.29, 0.717) is 18.0 Å². The molecule has 0 aromatic heterocycles. The molecule has 1 saturated heterocycles. The summed E-state index contributed by atoms with van der Waals surface area (Å²) >= 11 is 0. The first-order valence-corrected chi connectivity index (χ1v) is 7.49. The minimum Gasteiger partial charge on any atom is -0.370 e. The Morgan fingerprint density at radius 1 is 1.38 bits per heavy atom. The number of aliphatic imine (C=N–C) groups is 1. The van der Waals surface area contributed by atoms with Crippen molar-refractivity contribution in [3.05, 3.63) is 35.9 Å². The van der Waals surface area contributed by atoms with Crippen LogP contribution >= 0.6 is 24.0 Å². The molecule has 1 aliphatic rings. The van der Waals surface area contributed by atoms with Crippen molar-refractivity contribution in [3.63, 3.8) is 0 Å². The second kappa shape index (κ2) is 9.25. The quantitative estimate of drug-likeness (QED) is 0.452. The molecule has 4 nitrogen and oxygen atoms in total. The van der Waals surface area contributed by atoms with Crippen LogP contribution in [0.25, 0.3) is 0 Å². The fourth-order valence-corrected chi connectivity index (χ4v) is 2.67. The van der Waals surface area contributed by atoms with Crippen LogP contribution in [0.5, 0.6) is 0 Å². The predicted octanol–water partition coefficient (Wildman–Crippen LogP) is 2.58. The van der Waals surface area contributed by atoms with Gasteiger partial charge in [0.25, 0.3) is 0 Å². The van der Waals surface area contributed by atoms with E-state index in [4.69, 9.17) is 5.73 Å². The van der Waals surface area contributed by atoms with E-state index in [1.807, 2.05) is 0 Å². The molecule has 2 rings (SSSR count). The van der Waals surface area contributed by atoms with E-state index in [0.717, 1.165) is 19.6 Å². The smallest absolute Gasteiger partial charge is 0.188 e. The molecule has 21 heavy (non-hydrogen) atoms. The van der Waals surface area contributed by atoms with Gasteiger partial charge in [0.1, 0.15) is 0 Å². The second-order valence-electron chi connectivity index (χ2n) is 5.78. The van der Waals surface area contributed by atoms with E-state index >= 15 is 0 Å². The van der Waals surface area contributed by atoms with Gasteiger partial charge in [0.05, 0.1) is 6.54 Å². The number of hydrogen-bond donors (Lipinski definition) is 2. The highest BCUT2D eigenvalue weighted by atomic mass is 127. The maximum Gasteiger partial charge on any atom is 0.188 e. The van der Waals surface area contributed by atoms with Crippen molar-refractivity contribution in [2.75, 3.05) is 13.1 Å². The SMILES string of the molecule is CC(C)NC(N)=NCC1CCCN1Cc1ccccc1.I. The average Bonchev–Trinajstić information content (AvgIpc) is 2.84. The number of hydrogen-bond acceptors (Lipinski definition) is 2. The van der Waals surface area contributed by atoms with E-state index in [1.165, 1.54) is 18.4 Å². The Hall–Kier alpha value is -0.820. The van der Waals surface area contributed by atoms with Crippen LogP contribution in [0.1, 0.15) is 32.3 Å². The predicted molar refractivity (Wildman–Crippen MR) is 100 cm³/mol. The van der Waals surface area contributed by atoms with Gasteiger partial charge in [0.15, 0.2) is 5.96 Å². The first-order chi connectivity index (χ1) is 9.65. The molecule has 1 heterocycles. The zero-order valence-electron chi connectivity index (χ0n) is 13.0. The Kier molecular flexibility index (Phi) is 8.03. The van der Waals surface area contributed by atoms with Crippen molar-refractivity contribution >= 4 is 29.9 Å². The van der Waals surface area contributed by atoms with Gasteiger partial charge in [-0.3, -0.25) is 9.89 Å². The van der Waals surface area contributed by atoms with Gasteiger partial charge >= 0.3 is 0 Å². The lowest BCUT2D eigenvalue weighted by molar-refractivity contribution is 0.250. The summed E-state index contributed by atoms with van der Waals surface area (Å²) in [7, 11) is 0. The number of nitrogens with zero attached hydrogens (tertiary/aromatic N) is 2. The normalized spacial score (nSPS) is 19.6. The number of halogens is 1. The monoisotopic (exact) mass is 402 g/mol. The van der Waals surface area contributed by atoms with E-state index in [1.54, 1.807) is 0 Å². The Bertz CT molecular complexity index is 433. The van der Waals surface area contributed by atoms with E-state index < -0.39 is 0 Å². The standard InChI is InChI=1S/C16H26N4.HI/c1-13(2)19-16(17)18-11-15-9-6-10-20(15)12-14-7-4-3-5-8-14;/h3-5,7-8,13,15H,6,9-12H2,1-2H3,(H3,17,18,19);1H. The molecule has 1 unspecified atom stereocenters. The highest BCUT2D eigenvalue weighted by Gasteiger charge is 2.24. The Morgan fingerprint density at radius 3 is 2.76 bits per heavy atom. The number of benzene rings is 1. The Balaban J connectivity index is 0.00000220. The molecule has 0 aliphatic carbocycles. The molecule has 1 fully saturated rings. The molecule has 0 saturated carbocycles. The average molecular weight is 402 g/mol. The molecule has 3 N–H and O–H groups in total. The van der Waals surface area contributed by atoms with Gasteiger partial charge in [-0.15, -0.1) is 24.0 Å². The number of rotatable bonds is 5. The lowest BCUT2D eigenvalue weighted by Crippen LogP contribution is -2.38. The fourth-order valence-electron chi connectivity index (χ4n) is 2.67. The van der Waals surface area contributed by atoms with Crippen molar-refractivity contribution in [1.29, 1.82) is 0 Å². The lowest BCUT2D eigenvalue weighted by Gasteiger charge is -2.23. The molecule has 1 aromatic carbocycles. The topological polar surface area (TPSA) is 53.6 Å². The molecule has 5 heteroatoms. The van der Waals surface area contributed by atoms with Gasteiger partial charge in [0, 0.05) is 18.6 Å². The summed E-state index contributed by atoms with van der Waals surface area (Å²) in [6, 6.07) is 11.5. The van der Waals surface area contributed by atoms with Gasteiger partial charge in [-0.2, -0.15) is 0 Å². The van der Waals surface area contributed by atoms with Crippen LogP contribution in [0, 0.1) is 0 Å². The fraction of sp³-hybridized carbons (Fsp3) is 0.562. The number of likely N-dealkylation sites (tertiary alicyclic amines) is 1. The molecular formula is C16H27IN4. The molecule has 1 aromatic rings. The van der Waals surface area contributed by atoms with Crippen LogP contribution in [-0.2, 0) is 6.54 Å². The second-order valence-corrected chi connectivity index (χ2v) is 5.78. The highest BCUT2D eigenvalue weighted by molar-refractivity contribution is 14.0. The zero-order chi connectivity index (χ0) is 14.4. The first-order valence-electron chi connectivity index (χ1n) is 7.49. The largest absolute Gasteiger partial charge is 0.370 e.